The molecule has 0 radical (unpaired) electrons. The molecule has 0 fully saturated rings. The van der Waals surface area contributed by atoms with Crippen molar-refractivity contribution in [2.75, 3.05) is 7.11 Å². The number of Topliss-reactive ketones (excluding diaryl/α,β-unsaturated/α-hetero) is 1. The third-order valence-corrected chi connectivity index (χ3v) is 1.23. The topological polar surface area (TPSA) is 69.6 Å². The van der Waals surface area contributed by atoms with Crippen LogP contribution in [0.25, 0.3) is 0 Å². The lowest BCUT2D eigenvalue weighted by Gasteiger charge is -2.16. The predicted molar refractivity (Wildman–Crippen MR) is 36.4 cm³/mol. The zero-order valence-corrected chi connectivity index (χ0v) is 6.75. The van der Waals surface area contributed by atoms with Gasteiger partial charge < -0.3 is 14.9 Å². The molecule has 1 atom stereocenters. The summed E-state index contributed by atoms with van der Waals surface area (Å²) in [5, 5.41) is 19.6. The number of methoxy groups -OCH3 is 1. The second kappa shape index (κ2) is 4.10. The van der Waals surface area contributed by atoms with Crippen molar-refractivity contribution in [3.63, 3.8) is 0 Å². The summed E-state index contributed by atoms with van der Waals surface area (Å²) in [7, 11) is 1.22. The highest BCUT2D eigenvalue weighted by atomic mass is 16.6. The highest BCUT2D eigenvalue weighted by Crippen LogP contribution is 2.06. The minimum absolute atomic E-state index is 0.215. The lowest BCUT2D eigenvalue weighted by molar-refractivity contribution is -0.305. The minimum Gasteiger partial charge on any atom is -0.875 e. The normalized spacial score (nSPS) is 15.6. The number of ether oxygens (including phenoxy) is 1. The Bertz CT molecular complexity index is 179. The van der Waals surface area contributed by atoms with Gasteiger partial charge in [0.1, 0.15) is 0 Å². The summed E-state index contributed by atoms with van der Waals surface area (Å²) in [5.74, 6) is -0.932. The minimum atomic E-state index is -1.40. The number of aliphatic hydroxyl groups excluding tert-OH is 1. The predicted octanol–water partition coefficient (Wildman–Crippen LogP) is -0.825. The van der Waals surface area contributed by atoms with Crippen LogP contribution >= 0.6 is 0 Å². The van der Waals surface area contributed by atoms with Gasteiger partial charge in [0.2, 0.25) is 0 Å². The Morgan fingerprint density at radius 1 is 1.55 bits per heavy atom. The summed E-state index contributed by atoms with van der Waals surface area (Å²) < 4.78 is 4.41. The third kappa shape index (κ3) is 2.69. The Labute approximate surface area is 65.1 Å². The SMILES string of the molecule is COC(O)/C(C(C)=O)=C(\C)[O-]. The van der Waals surface area contributed by atoms with Gasteiger partial charge in [-0.05, 0) is 6.92 Å². The molecule has 0 aliphatic carbocycles. The lowest BCUT2D eigenvalue weighted by atomic mass is 10.1. The van der Waals surface area contributed by atoms with Crippen LogP contribution in [0, 0.1) is 0 Å². The van der Waals surface area contributed by atoms with Crippen molar-refractivity contribution in [1.29, 1.82) is 0 Å². The molecule has 0 aromatic heterocycles. The first-order valence-corrected chi connectivity index (χ1v) is 3.10. The zero-order valence-electron chi connectivity index (χ0n) is 6.75. The Balaban J connectivity index is 4.63. The van der Waals surface area contributed by atoms with E-state index in [1.165, 1.54) is 21.0 Å². The molecule has 0 saturated carbocycles. The largest absolute Gasteiger partial charge is 0.875 e. The van der Waals surface area contributed by atoms with E-state index in [-0.39, 0.29) is 5.57 Å². The molecule has 11 heavy (non-hydrogen) atoms. The number of aliphatic hydroxyl groups is 1. The lowest BCUT2D eigenvalue weighted by Crippen LogP contribution is -2.23. The average molecular weight is 159 g/mol. The maximum Gasteiger partial charge on any atom is 0.183 e. The van der Waals surface area contributed by atoms with E-state index >= 15 is 0 Å². The average Bonchev–Trinajstić information content (AvgIpc) is 1.85. The fourth-order valence-electron chi connectivity index (χ4n) is 0.714. The quantitative estimate of drug-likeness (QED) is 0.331. The van der Waals surface area contributed by atoms with Gasteiger partial charge in [0.05, 0.1) is 0 Å². The second-order valence-electron chi connectivity index (χ2n) is 2.11. The molecule has 0 heterocycles. The van der Waals surface area contributed by atoms with Crippen LogP contribution in [0.5, 0.6) is 0 Å². The molecule has 4 heteroatoms. The monoisotopic (exact) mass is 159 g/mol. The molecule has 0 aromatic rings. The fraction of sp³-hybridized carbons (Fsp3) is 0.571. The van der Waals surface area contributed by atoms with E-state index in [1.54, 1.807) is 0 Å². The summed E-state index contributed by atoms with van der Waals surface area (Å²) in [5.41, 5.74) is -0.215. The zero-order chi connectivity index (χ0) is 9.02. The summed E-state index contributed by atoms with van der Waals surface area (Å²) >= 11 is 0. The molecule has 0 bridgehead atoms. The van der Waals surface area contributed by atoms with Crippen LogP contribution in [0.2, 0.25) is 0 Å². The number of carbonyl (C=O) groups excluding carboxylic acids is 1. The Hall–Kier alpha value is -0.870. The smallest absolute Gasteiger partial charge is 0.183 e. The van der Waals surface area contributed by atoms with Crippen molar-refractivity contribution in [3.8, 4) is 0 Å². The molecule has 0 aliphatic rings. The molecule has 0 aliphatic heterocycles. The van der Waals surface area contributed by atoms with Crippen molar-refractivity contribution in [3.05, 3.63) is 11.3 Å². The highest BCUT2D eigenvalue weighted by Gasteiger charge is 2.13. The number of ketones is 1. The first kappa shape index (κ1) is 10.1. The fourth-order valence-corrected chi connectivity index (χ4v) is 0.714. The standard InChI is InChI=1S/C7H12O4/c1-4(8)6(5(2)9)7(10)11-3/h7-8,10H,1-3H3/p-1/b6-4+. The maximum absolute atomic E-state index is 10.7. The molecule has 1 unspecified atom stereocenters. The number of carbonyl (C=O) groups is 1. The highest BCUT2D eigenvalue weighted by molar-refractivity contribution is 5.94. The number of rotatable bonds is 3. The van der Waals surface area contributed by atoms with Crippen LogP contribution < -0.4 is 5.11 Å². The first-order valence-electron chi connectivity index (χ1n) is 3.10. The molecule has 0 amide bonds. The summed E-state index contributed by atoms with van der Waals surface area (Å²) in [6, 6.07) is 0. The van der Waals surface area contributed by atoms with E-state index in [2.05, 4.69) is 4.74 Å². The summed E-state index contributed by atoms with van der Waals surface area (Å²) in [4.78, 5) is 10.7. The van der Waals surface area contributed by atoms with Crippen molar-refractivity contribution < 1.29 is 19.7 Å². The molecule has 0 aromatic carbocycles. The van der Waals surface area contributed by atoms with Crippen molar-refractivity contribution in [2.45, 2.75) is 20.1 Å². The van der Waals surface area contributed by atoms with E-state index in [1.807, 2.05) is 0 Å². The summed E-state index contributed by atoms with van der Waals surface area (Å²) in [6.07, 6.45) is -1.40. The maximum atomic E-state index is 10.7. The molecule has 4 nitrogen and oxygen atoms in total. The van der Waals surface area contributed by atoms with E-state index in [0.717, 1.165) is 0 Å². The molecule has 0 rings (SSSR count). The molecule has 0 saturated heterocycles. The van der Waals surface area contributed by atoms with Crippen molar-refractivity contribution >= 4 is 5.78 Å². The van der Waals surface area contributed by atoms with Crippen LogP contribution in [0.3, 0.4) is 0 Å². The van der Waals surface area contributed by atoms with E-state index in [9.17, 15) is 9.90 Å². The molecule has 1 N–H and O–H groups in total. The van der Waals surface area contributed by atoms with Crippen LogP contribution in [0.4, 0.5) is 0 Å². The second-order valence-corrected chi connectivity index (χ2v) is 2.11. The van der Waals surface area contributed by atoms with E-state index in [0.29, 0.717) is 0 Å². The molecule has 64 valence electrons. The number of hydrogen-bond acceptors (Lipinski definition) is 4. The van der Waals surface area contributed by atoms with Crippen molar-refractivity contribution in [2.24, 2.45) is 0 Å². The Kier molecular flexibility index (Phi) is 3.78. The Morgan fingerprint density at radius 3 is 2.09 bits per heavy atom. The number of hydrogen-bond donors (Lipinski definition) is 1. The molecular weight excluding hydrogens is 148 g/mol. The van der Waals surface area contributed by atoms with Gasteiger partial charge in [0, 0.05) is 12.7 Å². The van der Waals surface area contributed by atoms with Gasteiger partial charge in [-0.3, -0.25) is 4.79 Å². The van der Waals surface area contributed by atoms with Gasteiger partial charge in [0.25, 0.3) is 0 Å². The third-order valence-electron chi connectivity index (χ3n) is 1.23. The van der Waals surface area contributed by atoms with Crippen LogP contribution in [-0.4, -0.2) is 24.3 Å². The van der Waals surface area contributed by atoms with Crippen molar-refractivity contribution in [1.82, 2.24) is 0 Å². The van der Waals surface area contributed by atoms with Gasteiger partial charge in [-0.25, -0.2) is 0 Å². The van der Waals surface area contributed by atoms with Gasteiger partial charge in [0.15, 0.2) is 12.1 Å². The van der Waals surface area contributed by atoms with Gasteiger partial charge in [-0.1, -0.05) is 6.92 Å². The first-order chi connectivity index (χ1) is 5.00. The van der Waals surface area contributed by atoms with Gasteiger partial charge in [-0.2, -0.15) is 0 Å². The van der Waals surface area contributed by atoms with Gasteiger partial charge >= 0.3 is 0 Å². The number of allylic oxidation sites excluding steroid dienone is 1. The molecule has 0 spiro atoms. The Morgan fingerprint density at radius 2 is 2.00 bits per heavy atom. The van der Waals surface area contributed by atoms with E-state index in [4.69, 9.17) is 5.11 Å². The van der Waals surface area contributed by atoms with Crippen LogP contribution in [-0.2, 0) is 9.53 Å². The van der Waals surface area contributed by atoms with E-state index < -0.39 is 17.8 Å². The van der Waals surface area contributed by atoms with Crippen LogP contribution in [0.15, 0.2) is 11.3 Å². The van der Waals surface area contributed by atoms with Gasteiger partial charge in [-0.15, -0.1) is 5.76 Å². The molecular formula is C7H11O4-. The summed E-state index contributed by atoms with van der Waals surface area (Å²) in [6.45, 7) is 2.41. The van der Waals surface area contributed by atoms with Crippen LogP contribution in [0.1, 0.15) is 13.8 Å².